The van der Waals surface area contributed by atoms with E-state index >= 15 is 0 Å². The van der Waals surface area contributed by atoms with Gasteiger partial charge in [-0.2, -0.15) is 0 Å². The first-order valence-corrected chi connectivity index (χ1v) is 6.01. The molecule has 5 heteroatoms. The Morgan fingerprint density at radius 2 is 2.29 bits per heavy atom. The molecule has 0 radical (unpaired) electrons. The molecular formula is C9H11N3S2. The maximum Gasteiger partial charge on any atom is 0.183 e. The Hall–Kier alpha value is -0.940. The molecule has 0 unspecified atom stereocenters. The highest BCUT2D eigenvalue weighted by Gasteiger charge is 2.00. The minimum atomic E-state index is 0.769. The fourth-order valence-electron chi connectivity index (χ4n) is 1.07. The van der Waals surface area contributed by atoms with E-state index in [2.05, 4.69) is 22.2 Å². The van der Waals surface area contributed by atoms with Crippen LogP contribution in [0.2, 0.25) is 0 Å². The molecular weight excluding hydrogens is 214 g/mol. The monoisotopic (exact) mass is 225 g/mol. The Labute approximate surface area is 90.9 Å². The van der Waals surface area contributed by atoms with Gasteiger partial charge in [-0.3, -0.25) is 0 Å². The van der Waals surface area contributed by atoms with Crippen LogP contribution in [-0.2, 0) is 6.54 Å². The summed E-state index contributed by atoms with van der Waals surface area (Å²) < 4.78 is 0. The predicted octanol–water partition coefficient (Wildman–Crippen LogP) is 2.83. The molecule has 0 aliphatic carbocycles. The van der Waals surface area contributed by atoms with E-state index in [0.717, 1.165) is 22.4 Å². The zero-order chi connectivity index (χ0) is 9.97. The highest BCUT2D eigenvalue weighted by molar-refractivity contribution is 7.13. The van der Waals surface area contributed by atoms with Gasteiger partial charge in [0.25, 0.3) is 0 Å². The van der Waals surface area contributed by atoms with Crippen LogP contribution in [0.25, 0.3) is 0 Å². The van der Waals surface area contributed by atoms with Gasteiger partial charge in [-0.05, 0) is 13.8 Å². The summed E-state index contributed by atoms with van der Waals surface area (Å²) in [4.78, 5) is 9.83. The molecule has 0 saturated heterocycles. The quantitative estimate of drug-likeness (QED) is 0.873. The zero-order valence-corrected chi connectivity index (χ0v) is 9.71. The highest BCUT2D eigenvalue weighted by Crippen LogP contribution is 2.17. The molecule has 0 aliphatic rings. The van der Waals surface area contributed by atoms with E-state index in [0.29, 0.717) is 0 Å². The molecule has 0 aromatic carbocycles. The summed E-state index contributed by atoms with van der Waals surface area (Å²) in [7, 11) is 0. The summed E-state index contributed by atoms with van der Waals surface area (Å²) in [6.07, 6.45) is 1.90. The van der Waals surface area contributed by atoms with Gasteiger partial charge in [-0.15, -0.1) is 22.7 Å². The molecule has 2 rings (SSSR count). The van der Waals surface area contributed by atoms with Crippen molar-refractivity contribution in [1.29, 1.82) is 0 Å². The topological polar surface area (TPSA) is 37.8 Å². The van der Waals surface area contributed by atoms with Crippen LogP contribution in [0, 0.1) is 13.8 Å². The van der Waals surface area contributed by atoms with Crippen LogP contribution in [0.4, 0.5) is 5.13 Å². The molecule has 0 atom stereocenters. The van der Waals surface area contributed by atoms with Crippen molar-refractivity contribution in [2.45, 2.75) is 20.4 Å². The van der Waals surface area contributed by atoms with Gasteiger partial charge in [0.15, 0.2) is 5.13 Å². The van der Waals surface area contributed by atoms with Crippen molar-refractivity contribution < 1.29 is 0 Å². The van der Waals surface area contributed by atoms with Crippen molar-refractivity contribution in [3.8, 4) is 0 Å². The fraction of sp³-hybridized carbons (Fsp3) is 0.333. The van der Waals surface area contributed by atoms with Crippen molar-refractivity contribution in [3.05, 3.63) is 27.2 Å². The Balaban J connectivity index is 1.94. The molecule has 0 amide bonds. The van der Waals surface area contributed by atoms with Crippen LogP contribution in [0.5, 0.6) is 0 Å². The normalized spacial score (nSPS) is 10.4. The van der Waals surface area contributed by atoms with Crippen LogP contribution in [0.1, 0.15) is 15.6 Å². The second-order valence-corrected chi connectivity index (χ2v) is 5.19. The molecule has 0 bridgehead atoms. The average molecular weight is 225 g/mol. The van der Waals surface area contributed by atoms with E-state index in [1.807, 2.05) is 18.5 Å². The van der Waals surface area contributed by atoms with E-state index in [9.17, 15) is 0 Å². The molecule has 0 aliphatic heterocycles. The van der Waals surface area contributed by atoms with Gasteiger partial charge in [0.05, 0.1) is 12.2 Å². The van der Waals surface area contributed by atoms with E-state index in [1.54, 1.807) is 22.7 Å². The second-order valence-electron chi connectivity index (χ2n) is 3.01. The zero-order valence-electron chi connectivity index (χ0n) is 8.07. The Bertz CT molecular complexity index is 379. The molecule has 14 heavy (non-hydrogen) atoms. The number of hydrogen-bond acceptors (Lipinski definition) is 5. The lowest BCUT2D eigenvalue weighted by atomic mass is 10.6. The molecule has 0 spiro atoms. The molecule has 0 saturated carbocycles. The van der Waals surface area contributed by atoms with E-state index < -0.39 is 0 Å². The minimum Gasteiger partial charge on any atom is -0.355 e. The molecule has 74 valence electrons. The molecule has 0 fully saturated rings. The average Bonchev–Trinajstić information content (AvgIpc) is 2.72. The summed E-state index contributed by atoms with van der Waals surface area (Å²) >= 11 is 3.35. The van der Waals surface area contributed by atoms with Crippen LogP contribution in [0.15, 0.2) is 11.6 Å². The van der Waals surface area contributed by atoms with E-state index in [-0.39, 0.29) is 0 Å². The number of anilines is 1. The lowest BCUT2D eigenvalue weighted by Crippen LogP contribution is -1.97. The second kappa shape index (κ2) is 4.06. The number of nitrogens with one attached hydrogen (secondary N) is 1. The van der Waals surface area contributed by atoms with Crippen LogP contribution < -0.4 is 5.32 Å². The number of nitrogens with zero attached hydrogens (tertiary/aromatic N) is 2. The molecule has 2 heterocycles. The molecule has 2 aromatic heterocycles. The summed E-state index contributed by atoms with van der Waals surface area (Å²) in [6, 6.07) is 0. The van der Waals surface area contributed by atoms with E-state index in [4.69, 9.17) is 0 Å². The van der Waals surface area contributed by atoms with Crippen molar-refractivity contribution in [2.24, 2.45) is 0 Å². The SMILES string of the molecule is Cc1csc(NCc2ncc(C)s2)n1. The van der Waals surface area contributed by atoms with E-state index in [1.165, 1.54) is 4.88 Å². The lowest BCUT2D eigenvalue weighted by Gasteiger charge is -1.97. The summed E-state index contributed by atoms with van der Waals surface area (Å²) in [5.74, 6) is 0. The highest BCUT2D eigenvalue weighted by atomic mass is 32.1. The summed E-state index contributed by atoms with van der Waals surface area (Å²) in [5, 5.41) is 7.36. The minimum absolute atomic E-state index is 0.769. The number of thiazole rings is 2. The van der Waals surface area contributed by atoms with Crippen molar-refractivity contribution in [1.82, 2.24) is 9.97 Å². The van der Waals surface area contributed by atoms with Crippen molar-refractivity contribution in [2.75, 3.05) is 5.32 Å². The van der Waals surface area contributed by atoms with Gasteiger partial charge in [0.1, 0.15) is 5.01 Å². The standard InChI is InChI=1S/C9H11N3S2/c1-6-5-13-9(12-6)11-4-8-10-3-7(2)14-8/h3,5H,4H2,1-2H3,(H,11,12). The first-order chi connectivity index (χ1) is 6.74. The fourth-order valence-corrected chi connectivity index (χ4v) is 2.48. The van der Waals surface area contributed by atoms with Crippen molar-refractivity contribution >= 4 is 27.8 Å². The lowest BCUT2D eigenvalue weighted by molar-refractivity contribution is 1.09. The van der Waals surface area contributed by atoms with Gasteiger partial charge >= 0.3 is 0 Å². The smallest absolute Gasteiger partial charge is 0.183 e. The van der Waals surface area contributed by atoms with Crippen LogP contribution >= 0.6 is 22.7 Å². The third kappa shape index (κ3) is 2.30. The third-order valence-electron chi connectivity index (χ3n) is 1.68. The first kappa shape index (κ1) is 9.61. The van der Waals surface area contributed by atoms with Crippen molar-refractivity contribution in [3.63, 3.8) is 0 Å². The van der Waals surface area contributed by atoms with Gasteiger partial charge in [-0.1, -0.05) is 0 Å². The molecule has 2 aromatic rings. The van der Waals surface area contributed by atoms with Gasteiger partial charge in [0.2, 0.25) is 0 Å². The van der Waals surface area contributed by atoms with Crippen LogP contribution in [0.3, 0.4) is 0 Å². The Morgan fingerprint density at radius 3 is 2.86 bits per heavy atom. The maximum absolute atomic E-state index is 4.32. The van der Waals surface area contributed by atoms with Gasteiger partial charge in [-0.25, -0.2) is 9.97 Å². The third-order valence-corrected chi connectivity index (χ3v) is 3.51. The van der Waals surface area contributed by atoms with Gasteiger partial charge < -0.3 is 5.32 Å². The Kier molecular flexibility index (Phi) is 2.79. The summed E-state index contributed by atoms with van der Waals surface area (Å²) in [6.45, 7) is 4.83. The number of rotatable bonds is 3. The van der Waals surface area contributed by atoms with Crippen LogP contribution in [-0.4, -0.2) is 9.97 Å². The predicted molar refractivity (Wildman–Crippen MR) is 61.0 cm³/mol. The molecule has 3 nitrogen and oxygen atoms in total. The molecule has 1 N–H and O–H groups in total. The number of aryl methyl sites for hydroxylation is 2. The number of aromatic nitrogens is 2. The first-order valence-electron chi connectivity index (χ1n) is 4.31. The van der Waals surface area contributed by atoms with Gasteiger partial charge in [0, 0.05) is 16.5 Å². The largest absolute Gasteiger partial charge is 0.355 e. The summed E-state index contributed by atoms with van der Waals surface area (Å²) in [5.41, 5.74) is 1.06. The number of hydrogen-bond donors (Lipinski definition) is 1. The Morgan fingerprint density at radius 1 is 1.43 bits per heavy atom. The maximum atomic E-state index is 4.32.